The van der Waals surface area contributed by atoms with Gasteiger partial charge in [0.05, 0.1) is 18.6 Å². The number of ether oxygens (including phenoxy) is 2. The SMILES string of the molecule is COc1cccc(C2(C(=O)O)CCC(Oc3ccccc3)CC2)c1. The number of methoxy groups -OCH3 is 1. The van der Waals surface area contributed by atoms with Crippen LogP contribution in [0.1, 0.15) is 31.2 Å². The van der Waals surface area contributed by atoms with Gasteiger partial charge in [-0.2, -0.15) is 0 Å². The number of para-hydroxylation sites is 1. The standard InChI is InChI=1S/C20H22O4/c1-23-18-9-5-6-15(14-18)20(19(21)22)12-10-17(11-13-20)24-16-7-3-2-4-8-16/h2-9,14,17H,10-13H2,1H3,(H,21,22). The Morgan fingerprint density at radius 3 is 2.33 bits per heavy atom. The molecular weight excluding hydrogens is 304 g/mol. The van der Waals surface area contributed by atoms with Crippen LogP contribution in [0.15, 0.2) is 54.6 Å². The first-order valence-corrected chi connectivity index (χ1v) is 8.24. The largest absolute Gasteiger partial charge is 0.497 e. The number of carbonyl (C=O) groups is 1. The van der Waals surface area contributed by atoms with Gasteiger partial charge in [0.25, 0.3) is 0 Å². The summed E-state index contributed by atoms with van der Waals surface area (Å²) in [5.41, 5.74) is -0.0436. The molecule has 0 saturated heterocycles. The van der Waals surface area contributed by atoms with Crippen LogP contribution in [0.25, 0.3) is 0 Å². The first-order valence-electron chi connectivity index (χ1n) is 8.24. The Morgan fingerprint density at radius 1 is 1.04 bits per heavy atom. The molecule has 1 fully saturated rings. The highest BCUT2D eigenvalue weighted by atomic mass is 16.5. The van der Waals surface area contributed by atoms with Crippen molar-refractivity contribution in [1.29, 1.82) is 0 Å². The number of rotatable bonds is 5. The predicted octanol–water partition coefficient (Wildman–Crippen LogP) is 4.04. The molecular formula is C20H22O4. The molecule has 3 rings (SSSR count). The van der Waals surface area contributed by atoms with Crippen LogP contribution in [-0.2, 0) is 10.2 Å². The van der Waals surface area contributed by atoms with E-state index in [0.29, 0.717) is 18.6 Å². The minimum absolute atomic E-state index is 0.0606. The fraction of sp³-hybridized carbons (Fsp3) is 0.350. The van der Waals surface area contributed by atoms with Crippen LogP contribution < -0.4 is 9.47 Å². The normalized spacial score (nSPS) is 23.5. The van der Waals surface area contributed by atoms with E-state index in [2.05, 4.69) is 0 Å². The second-order valence-corrected chi connectivity index (χ2v) is 6.25. The average molecular weight is 326 g/mol. The lowest BCUT2D eigenvalue weighted by molar-refractivity contribution is -0.146. The molecule has 24 heavy (non-hydrogen) atoms. The molecule has 0 aliphatic heterocycles. The van der Waals surface area contributed by atoms with Crippen molar-refractivity contribution in [2.75, 3.05) is 7.11 Å². The van der Waals surface area contributed by atoms with Crippen LogP contribution in [0, 0.1) is 0 Å². The molecule has 4 nitrogen and oxygen atoms in total. The van der Waals surface area contributed by atoms with E-state index in [-0.39, 0.29) is 6.10 Å². The monoisotopic (exact) mass is 326 g/mol. The highest BCUT2D eigenvalue weighted by Gasteiger charge is 2.44. The van der Waals surface area contributed by atoms with Crippen molar-refractivity contribution in [1.82, 2.24) is 0 Å². The molecule has 2 aromatic rings. The van der Waals surface area contributed by atoms with E-state index in [1.54, 1.807) is 7.11 Å². The predicted molar refractivity (Wildman–Crippen MR) is 91.6 cm³/mol. The number of hydrogen-bond donors (Lipinski definition) is 1. The average Bonchev–Trinajstić information content (AvgIpc) is 2.63. The molecule has 0 amide bonds. The number of benzene rings is 2. The maximum absolute atomic E-state index is 12.1. The Balaban J connectivity index is 1.76. The zero-order valence-corrected chi connectivity index (χ0v) is 13.8. The molecule has 0 spiro atoms. The summed E-state index contributed by atoms with van der Waals surface area (Å²) in [4.78, 5) is 12.1. The van der Waals surface area contributed by atoms with E-state index >= 15 is 0 Å². The Labute approximate surface area is 142 Å². The summed E-state index contributed by atoms with van der Waals surface area (Å²) in [7, 11) is 1.59. The third-order valence-electron chi connectivity index (χ3n) is 4.86. The number of carboxylic acids is 1. The zero-order chi connectivity index (χ0) is 17.0. The van der Waals surface area contributed by atoms with Crippen molar-refractivity contribution >= 4 is 5.97 Å². The van der Waals surface area contributed by atoms with Gasteiger partial charge in [0.2, 0.25) is 0 Å². The van der Waals surface area contributed by atoms with Gasteiger partial charge in [-0.3, -0.25) is 4.79 Å². The molecule has 1 aliphatic carbocycles. The van der Waals surface area contributed by atoms with Crippen LogP contribution in [-0.4, -0.2) is 24.3 Å². The molecule has 126 valence electrons. The molecule has 1 saturated carbocycles. The summed E-state index contributed by atoms with van der Waals surface area (Å²) in [5, 5.41) is 9.90. The van der Waals surface area contributed by atoms with Crippen LogP contribution in [0.2, 0.25) is 0 Å². The van der Waals surface area contributed by atoms with Gasteiger partial charge in [0.15, 0.2) is 0 Å². The minimum Gasteiger partial charge on any atom is -0.497 e. The van der Waals surface area contributed by atoms with E-state index in [1.807, 2.05) is 54.6 Å². The van der Waals surface area contributed by atoms with Crippen molar-refractivity contribution in [3.8, 4) is 11.5 Å². The number of aliphatic carboxylic acids is 1. The summed E-state index contributed by atoms with van der Waals surface area (Å²) < 4.78 is 11.2. The molecule has 0 unspecified atom stereocenters. The van der Waals surface area contributed by atoms with Crippen LogP contribution in [0.3, 0.4) is 0 Å². The van der Waals surface area contributed by atoms with E-state index in [1.165, 1.54) is 0 Å². The van der Waals surface area contributed by atoms with Crippen LogP contribution >= 0.6 is 0 Å². The lowest BCUT2D eigenvalue weighted by atomic mass is 9.68. The first-order chi connectivity index (χ1) is 11.6. The van der Waals surface area contributed by atoms with Crippen LogP contribution in [0.4, 0.5) is 0 Å². The molecule has 0 heterocycles. The number of carboxylic acid groups (broad SMARTS) is 1. The van der Waals surface area contributed by atoms with Gasteiger partial charge in [-0.25, -0.2) is 0 Å². The van der Waals surface area contributed by atoms with Gasteiger partial charge < -0.3 is 14.6 Å². The van der Waals surface area contributed by atoms with Gasteiger partial charge >= 0.3 is 5.97 Å². The van der Waals surface area contributed by atoms with E-state index in [0.717, 1.165) is 24.2 Å². The van der Waals surface area contributed by atoms with Crippen LogP contribution in [0.5, 0.6) is 11.5 Å². The summed E-state index contributed by atoms with van der Waals surface area (Å²) in [6, 6.07) is 17.1. The second kappa shape index (κ2) is 6.95. The molecule has 0 atom stereocenters. The van der Waals surface area contributed by atoms with E-state index in [9.17, 15) is 9.90 Å². The quantitative estimate of drug-likeness (QED) is 0.901. The van der Waals surface area contributed by atoms with Crippen molar-refractivity contribution in [3.63, 3.8) is 0 Å². The van der Waals surface area contributed by atoms with E-state index in [4.69, 9.17) is 9.47 Å². The Hall–Kier alpha value is -2.49. The lowest BCUT2D eigenvalue weighted by Crippen LogP contribution is -2.42. The molecule has 0 bridgehead atoms. The number of hydrogen-bond acceptors (Lipinski definition) is 3. The second-order valence-electron chi connectivity index (χ2n) is 6.25. The Morgan fingerprint density at radius 2 is 1.71 bits per heavy atom. The van der Waals surface area contributed by atoms with E-state index < -0.39 is 11.4 Å². The first kappa shape index (κ1) is 16.4. The van der Waals surface area contributed by atoms with Crippen molar-refractivity contribution < 1.29 is 19.4 Å². The Kier molecular flexibility index (Phi) is 4.74. The topological polar surface area (TPSA) is 55.8 Å². The highest BCUT2D eigenvalue weighted by molar-refractivity contribution is 5.81. The van der Waals surface area contributed by atoms with Crippen molar-refractivity contribution in [3.05, 3.63) is 60.2 Å². The molecule has 4 heteroatoms. The summed E-state index contributed by atoms with van der Waals surface area (Å²) >= 11 is 0. The fourth-order valence-electron chi connectivity index (χ4n) is 3.44. The highest BCUT2D eigenvalue weighted by Crippen LogP contribution is 2.41. The third-order valence-corrected chi connectivity index (χ3v) is 4.86. The molecule has 0 radical (unpaired) electrons. The summed E-state index contributed by atoms with van der Waals surface area (Å²) in [6.45, 7) is 0. The van der Waals surface area contributed by atoms with Gasteiger partial charge in [0.1, 0.15) is 11.5 Å². The van der Waals surface area contributed by atoms with Crippen molar-refractivity contribution in [2.24, 2.45) is 0 Å². The Bertz CT molecular complexity index is 688. The smallest absolute Gasteiger partial charge is 0.314 e. The van der Waals surface area contributed by atoms with Crippen molar-refractivity contribution in [2.45, 2.75) is 37.2 Å². The maximum Gasteiger partial charge on any atom is 0.314 e. The van der Waals surface area contributed by atoms with Gasteiger partial charge in [-0.05, 0) is 55.5 Å². The molecule has 1 N–H and O–H groups in total. The minimum atomic E-state index is -0.856. The van der Waals surface area contributed by atoms with Gasteiger partial charge in [0, 0.05) is 0 Å². The zero-order valence-electron chi connectivity index (χ0n) is 13.8. The molecule has 1 aliphatic rings. The summed E-state index contributed by atoms with van der Waals surface area (Å²) in [6.07, 6.45) is 2.63. The molecule has 2 aromatic carbocycles. The molecule has 0 aromatic heterocycles. The third kappa shape index (κ3) is 3.23. The van der Waals surface area contributed by atoms with Gasteiger partial charge in [-0.1, -0.05) is 30.3 Å². The van der Waals surface area contributed by atoms with Gasteiger partial charge in [-0.15, -0.1) is 0 Å². The summed E-state index contributed by atoms with van der Waals surface area (Å²) in [5.74, 6) is 0.761. The fourth-order valence-corrected chi connectivity index (χ4v) is 3.44. The maximum atomic E-state index is 12.1. The lowest BCUT2D eigenvalue weighted by Gasteiger charge is -2.37.